The topological polar surface area (TPSA) is 38.3 Å². The van der Waals surface area contributed by atoms with Gasteiger partial charge >= 0.3 is 5.97 Å². The number of alkyl halides is 1. The predicted molar refractivity (Wildman–Crippen MR) is 54.2 cm³/mol. The van der Waals surface area contributed by atoms with Crippen LogP contribution in [0.3, 0.4) is 0 Å². The second kappa shape index (κ2) is 4.08. The summed E-state index contributed by atoms with van der Waals surface area (Å²) in [5, 5.41) is 3.16. The molecule has 1 saturated heterocycles. The number of carbonyl (C=O) groups is 1. The lowest BCUT2D eigenvalue weighted by molar-refractivity contribution is -0.167. The first-order valence-electron chi connectivity index (χ1n) is 5.72. The molecule has 0 spiro atoms. The highest BCUT2D eigenvalue weighted by atomic mass is 19.1. The smallest absolute Gasteiger partial charge is 0.316 e. The average molecular weight is 215 g/mol. The van der Waals surface area contributed by atoms with Gasteiger partial charge in [0.25, 0.3) is 0 Å². The van der Waals surface area contributed by atoms with Gasteiger partial charge in [0.2, 0.25) is 0 Å². The Labute approximate surface area is 89.4 Å². The molecule has 2 bridgehead atoms. The van der Waals surface area contributed by atoms with E-state index in [9.17, 15) is 9.18 Å². The van der Waals surface area contributed by atoms with Crippen LogP contribution in [0, 0.1) is 11.3 Å². The first kappa shape index (κ1) is 10.9. The summed E-state index contributed by atoms with van der Waals surface area (Å²) in [4.78, 5) is 11.8. The van der Waals surface area contributed by atoms with Crippen LogP contribution in [0.2, 0.25) is 0 Å². The highest BCUT2D eigenvalue weighted by Crippen LogP contribution is 2.44. The largest absolute Gasteiger partial charge is 0.465 e. The molecule has 1 heterocycles. The molecule has 0 aromatic rings. The SMILES string of the molecule is CCOC(=O)C12CCCC(CNC1)C2F. The number of rotatable bonds is 2. The Morgan fingerprint density at radius 1 is 1.67 bits per heavy atom. The van der Waals surface area contributed by atoms with E-state index in [0.717, 1.165) is 12.8 Å². The van der Waals surface area contributed by atoms with Crippen molar-refractivity contribution in [1.82, 2.24) is 5.32 Å². The highest BCUT2D eigenvalue weighted by molar-refractivity contribution is 5.78. The zero-order valence-corrected chi connectivity index (χ0v) is 9.09. The van der Waals surface area contributed by atoms with Crippen molar-refractivity contribution < 1.29 is 13.9 Å². The molecule has 15 heavy (non-hydrogen) atoms. The molecule has 1 aliphatic heterocycles. The summed E-state index contributed by atoms with van der Waals surface area (Å²) >= 11 is 0. The number of ether oxygens (including phenoxy) is 1. The van der Waals surface area contributed by atoms with Crippen LogP contribution in [0.4, 0.5) is 4.39 Å². The molecule has 3 unspecified atom stereocenters. The Morgan fingerprint density at radius 3 is 3.20 bits per heavy atom. The molecule has 3 nitrogen and oxygen atoms in total. The number of halogens is 1. The molecule has 86 valence electrons. The van der Waals surface area contributed by atoms with Crippen LogP contribution in [0.25, 0.3) is 0 Å². The van der Waals surface area contributed by atoms with E-state index in [4.69, 9.17) is 4.74 Å². The number of hydrogen-bond donors (Lipinski definition) is 1. The Balaban J connectivity index is 2.19. The number of fused-ring (bicyclic) bond motifs is 2. The van der Waals surface area contributed by atoms with Crippen molar-refractivity contribution in [2.24, 2.45) is 11.3 Å². The zero-order chi connectivity index (χ0) is 10.9. The number of piperidine rings is 1. The molecule has 4 heteroatoms. The van der Waals surface area contributed by atoms with Gasteiger partial charge in [-0.25, -0.2) is 4.39 Å². The summed E-state index contributed by atoms with van der Waals surface area (Å²) in [5.41, 5.74) is -0.892. The Bertz CT molecular complexity index is 247. The van der Waals surface area contributed by atoms with Crippen LogP contribution >= 0.6 is 0 Å². The number of carbonyl (C=O) groups excluding carboxylic acids is 1. The van der Waals surface area contributed by atoms with Gasteiger partial charge in [-0.05, 0) is 19.8 Å². The molecule has 0 aromatic carbocycles. The van der Waals surface area contributed by atoms with E-state index < -0.39 is 11.6 Å². The van der Waals surface area contributed by atoms with Crippen molar-refractivity contribution in [1.29, 1.82) is 0 Å². The van der Waals surface area contributed by atoms with Gasteiger partial charge in [-0.3, -0.25) is 4.79 Å². The minimum Gasteiger partial charge on any atom is -0.465 e. The Morgan fingerprint density at radius 2 is 2.47 bits per heavy atom. The fraction of sp³-hybridized carbons (Fsp3) is 0.909. The van der Waals surface area contributed by atoms with Gasteiger partial charge in [0.05, 0.1) is 6.61 Å². The third kappa shape index (κ3) is 1.65. The van der Waals surface area contributed by atoms with Crippen LogP contribution in [0.1, 0.15) is 26.2 Å². The fourth-order valence-corrected chi connectivity index (χ4v) is 2.85. The lowest BCUT2D eigenvalue weighted by Crippen LogP contribution is -2.59. The van der Waals surface area contributed by atoms with Crippen LogP contribution < -0.4 is 5.32 Å². The van der Waals surface area contributed by atoms with Gasteiger partial charge in [0.1, 0.15) is 11.6 Å². The summed E-state index contributed by atoms with van der Waals surface area (Å²) in [7, 11) is 0. The monoisotopic (exact) mass is 215 g/mol. The van der Waals surface area contributed by atoms with Crippen molar-refractivity contribution in [2.75, 3.05) is 19.7 Å². The molecule has 2 rings (SSSR count). The van der Waals surface area contributed by atoms with Gasteiger partial charge in [0, 0.05) is 19.0 Å². The minimum atomic E-state index is -1.02. The molecule has 0 radical (unpaired) electrons. The van der Waals surface area contributed by atoms with Crippen LogP contribution in [0.5, 0.6) is 0 Å². The molecular formula is C11H18FNO2. The maximum Gasteiger partial charge on any atom is 0.316 e. The van der Waals surface area contributed by atoms with Gasteiger partial charge in [0.15, 0.2) is 0 Å². The zero-order valence-electron chi connectivity index (χ0n) is 9.09. The quantitative estimate of drug-likeness (QED) is 0.705. The fourth-order valence-electron chi connectivity index (χ4n) is 2.85. The molecule has 1 N–H and O–H groups in total. The normalized spacial score (nSPS) is 39.9. The third-order valence-corrected chi connectivity index (χ3v) is 3.67. The van der Waals surface area contributed by atoms with E-state index in [2.05, 4.69) is 5.32 Å². The minimum absolute atomic E-state index is 0.00286. The first-order chi connectivity index (χ1) is 7.20. The number of nitrogens with one attached hydrogen (secondary N) is 1. The lowest BCUT2D eigenvalue weighted by Gasteiger charge is -2.46. The standard InChI is InChI=1S/C11H18FNO2/c1-2-15-10(14)11-5-3-4-8(9(11)12)6-13-7-11/h8-9,13H,2-7H2,1H3. The summed E-state index contributed by atoms with van der Waals surface area (Å²) < 4.78 is 19.2. The van der Waals surface area contributed by atoms with Gasteiger partial charge in [-0.15, -0.1) is 0 Å². The predicted octanol–water partition coefficient (Wildman–Crippen LogP) is 1.28. The maximum atomic E-state index is 14.2. The molecule has 1 aliphatic carbocycles. The molecule has 2 fully saturated rings. The van der Waals surface area contributed by atoms with Gasteiger partial charge < -0.3 is 10.1 Å². The summed E-state index contributed by atoms with van der Waals surface area (Å²) in [6, 6.07) is 0. The van der Waals surface area contributed by atoms with Crippen molar-refractivity contribution >= 4 is 5.97 Å². The van der Waals surface area contributed by atoms with E-state index in [1.54, 1.807) is 6.92 Å². The lowest BCUT2D eigenvalue weighted by atomic mass is 9.65. The Kier molecular flexibility index (Phi) is 2.96. The average Bonchev–Trinajstić information content (AvgIpc) is 2.18. The van der Waals surface area contributed by atoms with E-state index in [0.29, 0.717) is 26.1 Å². The highest BCUT2D eigenvalue weighted by Gasteiger charge is 2.54. The molecule has 2 aliphatic rings. The number of esters is 1. The van der Waals surface area contributed by atoms with E-state index >= 15 is 0 Å². The number of hydrogen-bond acceptors (Lipinski definition) is 3. The van der Waals surface area contributed by atoms with Gasteiger partial charge in [-0.1, -0.05) is 6.42 Å². The van der Waals surface area contributed by atoms with Crippen LogP contribution in [-0.2, 0) is 9.53 Å². The van der Waals surface area contributed by atoms with Crippen molar-refractivity contribution in [2.45, 2.75) is 32.4 Å². The molecule has 0 amide bonds. The molecule has 1 saturated carbocycles. The third-order valence-electron chi connectivity index (χ3n) is 3.67. The van der Waals surface area contributed by atoms with Crippen molar-refractivity contribution in [3.05, 3.63) is 0 Å². The molecule has 0 aromatic heterocycles. The molecular weight excluding hydrogens is 197 g/mol. The van der Waals surface area contributed by atoms with Crippen LogP contribution in [0.15, 0.2) is 0 Å². The van der Waals surface area contributed by atoms with E-state index in [1.165, 1.54) is 0 Å². The summed E-state index contributed by atoms with van der Waals surface area (Å²) in [5.74, 6) is -0.355. The van der Waals surface area contributed by atoms with Gasteiger partial charge in [-0.2, -0.15) is 0 Å². The van der Waals surface area contributed by atoms with E-state index in [1.807, 2.05) is 0 Å². The van der Waals surface area contributed by atoms with Crippen molar-refractivity contribution in [3.63, 3.8) is 0 Å². The Hall–Kier alpha value is -0.640. The summed E-state index contributed by atoms with van der Waals surface area (Å²) in [6.07, 6.45) is 1.42. The first-order valence-corrected chi connectivity index (χ1v) is 5.72. The maximum absolute atomic E-state index is 14.2. The summed E-state index contributed by atoms with van der Waals surface area (Å²) in [6.45, 7) is 3.22. The van der Waals surface area contributed by atoms with Crippen LogP contribution in [-0.4, -0.2) is 31.8 Å². The molecule has 3 atom stereocenters. The second-order valence-corrected chi connectivity index (χ2v) is 4.56. The van der Waals surface area contributed by atoms with Crippen molar-refractivity contribution in [3.8, 4) is 0 Å². The second-order valence-electron chi connectivity index (χ2n) is 4.56. The van der Waals surface area contributed by atoms with E-state index in [-0.39, 0.29) is 11.9 Å².